The van der Waals surface area contributed by atoms with Crippen LogP contribution in [0.25, 0.3) is 0 Å². The molecule has 0 aromatic heterocycles. The van der Waals surface area contributed by atoms with E-state index in [1.807, 2.05) is 0 Å². The Morgan fingerprint density at radius 2 is 1.67 bits per heavy atom. The van der Waals surface area contributed by atoms with Gasteiger partial charge in [0.15, 0.2) is 0 Å². The summed E-state index contributed by atoms with van der Waals surface area (Å²) in [6.45, 7) is 2.23. The number of benzene rings is 1. The van der Waals surface area contributed by atoms with Gasteiger partial charge in [-0.15, -0.1) is 0 Å². The van der Waals surface area contributed by atoms with E-state index >= 15 is 0 Å². The third kappa shape index (κ3) is 4.15. The third-order valence-corrected chi connectivity index (χ3v) is 6.17. The van der Waals surface area contributed by atoms with Crippen LogP contribution in [0.1, 0.15) is 42.5 Å². The van der Waals surface area contributed by atoms with Gasteiger partial charge in [-0.1, -0.05) is 19.3 Å². The topological polar surface area (TPSA) is 75.7 Å². The molecule has 6 nitrogen and oxygen atoms in total. The van der Waals surface area contributed by atoms with E-state index in [9.17, 15) is 13.2 Å². The SMILES string of the molecule is O=C(c1ccc(S(=O)(=O)NC2CCCCC2)cc1)N1CCOCC1. The first-order valence-electron chi connectivity index (χ1n) is 8.56. The molecule has 1 aliphatic heterocycles. The maximum atomic E-state index is 12.5. The van der Waals surface area contributed by atoms with Crippen molar-refractivity contribution in [3.63, 3.8) is 0 Å². The number of ether oxygens (including phenoxy) is 1. The average Bonchev–Trinajstić information content (AvgIpc) is 2.62. The molecule has 0 spiro atoms. The van der Waals surface area contributed by atoms with Gasteiger partial charge in [0.05, 0.1) is 18.1 Å². The number of amides is 1. The van der Waals surface area contributed by atoms with Gasteiger partial charge in [0.25, 0.3) is 5.91 Å². The van der Waals surface area contributed by atoms with Crippen LogP contribution in [0.2, 0.25) is 0 Å². The number of rotatable bonds is 4. The lowest BCUT2D eigenvalue weighted by Gasteiger charge is -2.27. The fourth-order valence-electron chi connectivity index (χ4n) is 3.23. The summed E-state index contributed by atoms with van der Waals surface area (Å²) >= 11 is 0. The maximum Gasteiger partial charge on any atom is 0.254 e. The zero-order valence-corrected chi connectivity index (χ0v) is 14.6. The second-order valence-electron chi connectivity index (χ2n) is 6.39. The Kier molecular flexibility index (Phi) is 5.53. The summed E-state index contributed by atoms with van der Waals surface area (Å²) < 4.78 is 32.9. The molecule has 1 aliphatic carbocycles. The lowest BCUT2D eigenvalue weighted by Crippen LogP contribution is -2.40. The van der Waals surface area contributed by atoms with Crippen molar-refractivity contribution in [2.24, 2.45) is 0 Å². The van der Waals surface area contributed by atoms with Gasteiger partial charge < -0.3 is 9.64 Å². The Morgan fingerprint density at radius 1 is 1.04 bits per heavy atom. The molecule has 1 aromatic rings. The zero-order valence-electron chi connectivity index (χ0n) is 13.7. The first-order chi connectivity index (χ1) is 11.6. The molecule has 24 heavy (non-hydrogen) atoms. The van der Waals surface area contributed by atoms with E-state index in [1.54, 1.807) is 17.0 Å². The first kappa shape index (κ1) is 17.4. The Hall–Kier alpha value is -1.44. The number of sulfonamides is 1. The Bertz CT molecular complexity index is 660. The molecule has 0 unspecified atom stereocenters. The zero-order chi connectivity index (χ0) is 17.0. The highest BCUT2D eigenvalue weighted by atomic mass is 32.2. The highest BCUT2D eigenvalue weighted by Gasteiger charge is 2.23. The Morgan fingerprint density at radius 3 is 2.29 bits per heavy atom. The van der Waals surface area contributed by atoms with E-state index in [4.69, 9.17) is 4.74 Å². The summed E-state index contributed by atoms with van der Waals surface area (Å²) in [5.41, 5.74) is 0.508. The molecule has 2 fully saturated rings. The summed E-state index contributed by atoms with van der Waals surface area (Å²) in [4.78, 5) is 14.3. The first-order valence-corrected chi connectivity index (χ1v) is 10.0. The van der Waals surface area contributed by atoms with E-state index in [2.05, 4.69) is 4.72 Å². The van der Waals surface area contributed by atoms with Crippen molar-refractivity contribution in [3.05, 3.63) is 29.8 Å². The molecule has 1 saturated carbocycles. The predicted octanol–water partition coefficient (Wildman–Crippen LogP) is 1.77. The van der Waals surface area contributed by atoms with Gasteiger partial charge in [0.1, 0.15) is 0 Å². The van der Waals surface area contributed by atoms with Gasteiger partial charge >= 0.3 is 0 Å². The summed E-state index contributed by atoms with van der Waals surface area (Å²) in [6.07, 6.45) is 5.11. The van der Waals surface area contributed by atoms with Gasteiger partial charge in [-0.2, -0.15) is 0 Å². The van der Waals surface area contributed by atoms with Crippen molar-refractivity contribution >= 4 is 15.9 Å². The molecule has 1 heterocycles. The highest BCUT2D eigenvalue weighted by Crippen LogP contribution is 2.20. The van der Waals surface area contributed by atoms with Crippen LogP contribution in [0.4, 0.5) is 0 Å². The lowest BCUT2D eigenvalue weighted by atomic mass is 9.96. The van der Waals surface area contributed by atoms with Crippen molar-refractivity contribution in [1.82, 2.24) is 9.62 Å². The quantitative estimate of drug-likeness (QED) is 0.896. The number of nitrogens with zero attached hydrogens (tertiary/aromatic N) is 1. The fourth-order valence-corrected chi connectivity index (χ4v) is 4.54. The molecule has 0 atom stereocenters. The van der Waals surface area contributed by atoms with E-state index in [0.717, 1.165) is 25.7 Å². The van der Waals surface area contributed by atoms with Crippen LogP contribution in [-0.4, -0.2) is 51.6 Å². The molecule has 1 N–H and O–H groups in total. The second-order valence-corrected chi connectivity index (χ2v) is 8.10. The standard InChI is InChI=1S/C17H24N2O4S/c20-17(19-10-12-23-13-11-19)14-6-8-16(9-7-14)24(21,22)18-15-4-2-1-3-5-15/h6-9,15,18H,1-5,10-13H2. The second kappa shape index (κ2) is 7.63. The molecule has 1 amide bonds. The Labute approximate surface area is 143 Å². The largest absolute Gasteiger partial charge is 0.378 e. The lowest BCUT2D eigenvalue weighted by molar-refractivity contribution is 0.0303. The normalized spacial score (nSPS) is 20.1. The van der Waals surface area contributed by atoms with Crippen molar-refractivity contribution in [2.45, 2.75) is 43.0 Å². The van der Waals surface area contributed by atoms with Crippen molar-refractivity contribution in [3.8, 4) is 0 Å². The molecular weight excluding hydrogens is 328 g/mol. The maximum absolute atomic E-state index is 12.5. The minimum atomic E-state index is -3.52. The van der Waals surface area contributed by atoms with Crippen LogP contribution in [0.3, 0.4) is 0 Å². The van der Waals surface area contributed by atoms with Gasteiger partial charge in [0, 0.05) is 24.7 Å². The fraction of sp³-hybridized carbons (Fsp3) is 0.588. The van der Waals surface area contributed by atoms with Crippen molar-refractivity contribution in [1.29, 1.82) is 0 Å². The van der Waals surface area contributed by atoms with E-state index in [1.165, 1.54) is 18.6 Å². The van der Waals surface area contributed by atoms with Crippen LogP contribution in [0.5, 0.6) is 0 Å². The molecule has 3 rings (SSSR count). The van der Waals surface area contributed by atoms with Crippen LogP contribution < -0.4 is 4.72 Å². The average molecular weight is 352 g/mol. The third-order valence-electron chi connectivity index (χ3n) is 4.64. The van der Waals surface area contributed by atoms with E-state index < -0.39 is 10.0 Å². The van der Waals surface area contributed by atoms with Crippen LogP contribution in [-0.2, 0) is 14.8 Å². The number of morpholine rings is 1. The van der Waals surface area contributed by atoms with E-state index in [0.29, 0.717) is 31.9 Å². The number of nitrogens with one attached hydrogen (secondary N) is 1. The summed E-state index contributed by atoms with van der Waals surface area (Å²) in [7, 11) is -3.52. The smallest absolute Gasteiger partial charge is 0.254 e. The number of carbonyl (C=O) groups is 1. The van der Waals surface area contributed by atoms with Gasteiger partial charge in [0.2, 0.25) is 10.0 Å². The monoisotopic (exact) mass is 352 g/mol. The molecule has 1 saturated heterocycles. The summed E-state index contributed by atoms with van der Waals surface area (Å²) in [5.74, 6) is -0.0810. The van der Waals surface area contributed by atoms with Crippen LogP contribution in [0.15, 0.2) is 29.2 Å². The summed E-state index contributed by atoms with van der Waals surface area (Å²) in [6, 6.07) is 6.23. The van der Waals surface area contributed by atoms with Crippen molar-refractivity contribution in [2.75, 3.05) is 26.3 Å². The van der Waals surface area contributed by atoms with Crippen molar-refractivity contribution < 1.29 is 17.9 Å². The van der Waals surface area contributed by atoms with Crippen LogP contribution in [0, 0.1) is 0 Å². The number of hydrogen-bond donors (Lipinski definition) is 1. The van der Waals surface area contributed by atoms with Gasteiger partial charge in [-0.3, -0.25) is 4.79 Å². The molecule has 1 aromatic carbocycles. The molecule has 2 aliphatic rings. The number of hydrogen-bond acceptors (Lipinski definition) is 4. The predicted molar refractivity (Wildman–Crippen MR) is 90.4 cm³/mol. The molecule has 0 radical (unpaired) electrons. The number of carbonyl (C=O) groups excluding carboxylic acids is 1. The minimum Gasteiger partial charge on any atom is -0.378 e. The summed E-state index contributed by atoms with van der Waals surface area (Å²) in [5, 5.41) is 0. The van der Waals surface area contributed by atoms with Crippen LogP contribution >= 0.6 is 0 Å². The molecule has 0 bridgehead atoms. The molecular formula is C17H24N2O4S. The van der Waals surface area contributed by atoms with Gasteiger partial charge in [-0.05, 0) is 37.1 Å². The minimum absolute atomic E-state index is 0.0263. The molecule has 132 valence electrons. The Balaban J connectivity index is 1.67. The van der Waals surface area contributed by atoms with E-state index in [-0.39, 0.29) is 16.8 Å². The highest BCUT2D eigenvalue weighted by molar-refractivity contribution is 7.89. The van der Waals surface area contributed by atoms with Gasteiger partial charge in [-0.25, -0.2) is 13.1 Å². The molecule has 7 heteroatoms.